The zero-order valence-corrected chi connectivity index (χ0v) is 21.1. The third-order valence-corrected chi connectivity index (χ3v) is 10.8. The molecule has 0 aromatic rings. The summed E-state index contributed by atoms with van der Waals surface area (Å²) in [6, 6.07) is 0. The van der Waals surface area contributed by atoms with Crippen molar-refractivity contribution in [3.05, 3.63) is 0 Å². The van der Waals surface area contributed by atoms with Crippen LogP contribution in [0.25, 0.3) is 0 Å². The van der Waals surface area contributed by atoms with Gasteiger partial charge in [0.15, 0.2) is 0 Å². The van der Waals surface area contributed by atoms with Gasteiger partial charge in [-0.05, 0) is 0 Å². The van der Waals surface area contributed by atoms with Gasteiger partial charge in [-0.3, -0.25) is 0 Å². The second-order valence-electron chi connectivity index (χ2n) is 4.01. The van der Waals surface area contributed by atoms with Gasteiger partial charge in [-0.1, -0.05) is 0 Å². The van der Waals surface area contributed by atoms with E-state index in [1.807, 2.05) is 27.7 Å². The van der Waals surface area contributed by atoms with Crippen molar-refractivity contribution >= 4 is 65.7 Å². The van der Waals surface area contributed by atoms with Gasteiger partial charge in [0.25, 0.3) is 0 Å². The van der Waals surface area contributed by atoms with Crippen molar-refractivity contribution in [1.82, 2.24) is 0 Å². The Bertz CT molecular complexity index is 238. The molecule has 0 aromatic heterocycles. The van der Waals surface area contributed by atoms with E-state index in [9.17, 15) is 0 Å². The zero-order valence-electron chi connectivity index (χ0n) is 13.1. The van der Waals surface area contributed by atoms with Crippen LogP contribution in [0.3, 0.4) is 0 Å². The number of hydrogen-bond acceptors (Lipinski definition) is 4. The van der Waals surface area contributed by atoms with Crippen LogP contribution in [0.4, 0.5) is 0 Å². The van der Waals surface area contributed by atoms with Crippen molar-refractivity contribution in [3.63, 3.8) is 0 Å². The van der Waals surface area contributed by atoms with Crippen LogP contribution in [-0.4, -0.2) is 75.4 Å². The normalized spacial score (nSPS) is 13.9. The number of hydrogen-bond donors (Lipinski definition) is 0. The molecule has 0 aliphatic rings. The third-order valence-electron chi connectivity index (χ3n) is 2.54. The fourth-order valence-corrected chi connectivity index (χ4v) is 7.68. The van der Waals surface area contributed by atoms with Crippen LogP contribution in [0, 0.1) is 0 Å². The molecule has 0 bridgehead atoms. The van der Waals surface area contributed by atoms with Crippen LogP contribution < -0.4 is 0 Å². The molecule has 0 saturated carbocycles. The minimum absolute atomic E-state index is 0. The Kier molecular flexibility index (Phi) is 16.5. The molecule has 1 unspecified atom stereocenters. The molecule has 9 heteroatoms. The standard InChI is InChI=1S/C12H25O4.3ClH.2Sn/c1-5-13-11-9-10-12(14-6-2,15-7-3)16-8-4;;;;;/h11H,5-10H2,1-4H3;3*1H;;/q;;;;;+3/p-3. The first kappa shape index (κ1) is 25.5. The summed E-state index contributed by atoms with van der Waals surface area (Å²) in [5, 5.41) is 0. The molecule has 0 heterocycles. The smallest absolute Gasteiger partial charge is 0 e. The monoisotopic (exact) mass is 578 g/mol. The van der Waals surface area contributed by atoms with Gasteiger partial charge in [0.05, 0.1) is 0 Å². The SMILES string of the molecule is CCO[CH](CCC(OCC)(OCC)OCC)[Sn]([Cl])([Cl])[Cl].[Sn]. The second-order valence-corrected chi connectivity index (χ2v) is 24.8. The molecule has 4 radical (unpaired) electrons. The molecule has 21 heavy (non-hydrogen) atoms. The van der Waals surface area contributed by atoms with Crippen LogP contribution in [0.15, 0.2) is 0 Å². The summed E-state index contributed by atoms with van der Waals surface area (Å²) in [6.07, 6.45) is 1.01. The first-order valence-electron chi connectivity index (χ1n) is 6.95. The number of ether oxygens (including phenoxy) is 4. The van der Waals surface area contributed by atoms with E-state index in [1.165, 1.54) is 0 Å². The summed E-state index contributed by atoms with van der Waals surface area (Å²) < 4.78 is 22.2. The van der Waals surface area contributed by atoms with E-state index in [4.69, 9.17) is 45.7 Å². The molecule has 0 rings (SSSR count). The minimum Gasteiger partial charge on any atom is 0 e. The maximum absolute atomic E-state index is 6.13. The van der Waals surface area contributed by atoms with Gasteiger partial charge in [0.1, 0.15) is 0 Å². The molecule has 0 spiro atoms. The van der Waals surface area contributed by atoms with Gasteiger partial charge >= 0.3 is 138 Å². The summed E-state index contributed by atoms with van der Waals surface area (Å²) in [4.78, 5) is 0. The van der Waals surface area contributed by atoms with E-state index in [1.54, 1.807) is 0 Å². The van der Waals surface area contributed by atoms with Gasteiger partial charge in [-0.15, -0.1) is 0 Å². The van der Waals surface area contributed by atoms with Gasteiger partial charge in [-0.25, -0.2) is 0 Å². The van der Waals surface area contributed by atoms with Gasteiger partial charge in [0, 0.05) is 23.9 Å². The van der Waals surface area contributed by atoms with E-state index in [-0.39, 0.29) is 28.0 Å². The maximum Gasteiger partial charge on any atom is 0 e. The Balaban J connectivity index is 0. The molecular weight excluding hydrogens is 552 g/mol. The Hall–Kier alpha value is 2.31. The Labute approximate surface area is 160 Å². The molecule has 126 valence electrons. The molecule has 1 atom stereocenters. The van der Waals surface area contributed by atoms with Gasteiger partial charge < -0.3 is 0 Å². The number of rotatable bonds is 12. The molecule has 0 aliphatic heterocycles. The summed E-state index contributed by atoms with van der Waals surface area (Å²) in [7, 11) is 18.4. The minimum atomic E-state index is -3.69. The second kappa shape index (κ2) is 13.6. The quantitative estimate of drug-likeness (QED) is 0.262. The van der Waals surface area contributed by atoms with Crippen molar-refractivity contribution in [2.24, 2.45) is 0 Å². The average Bonchev–Trinajstić information content (AvgIpc) is 2.34. The first-order chi connectivity index (χ1) is 9.35. The van der Waals surface area contributed by atoms with Crippen molar-refractivity contribution in [1.29, 1.82) is 0 Å². The van der Waals surface area contributed by atoms with Crippen LogP contribution in [0.2, 0.25) is 0 Å². The summed E-state index contributed by atoms with van der Waals surface area (Å²) >= 11 is -3.69. The van der Waals surface area contributed by atoms with Crippen LogP contribution in [-0.2, 0) is 18.9 Å². The molecule has 0 fully saturated rings. The molecule has 4 nitrogen and oxygen atoms in total. The predicted molar refractivity (Wildman–Crippen MR) is 91.3 cm³/mol. The van der Waals surface area contributed by atoms with E-state index >= 15 is 0 Å². The van der Waals surface area contributed by atoms with Crippen molar-refractivity contribution in [2.75, 3.05) is 26.4 Å². The fourth-order valence-electron chi connectivity index (χ4n) is 1.85. The maximum atomic E-state index is 6.13. The van der Waals surface area contributed by atoms with E-state index in [0.717, 1.165) is 0 Å². The Morgan fingerprint density at radius 1 is 0.857 bits per heavy atom. The molecular formula is C12H25Cl3O4Sn2. The zero-order chi connectivity index (χ0) is 15.6. The average molecular weight is 577 g/mol. The van der Waals surface area contributed by atoms with Crippen molar-refractivity contribution in [3.8, 4) is 0 Å². The van der Waals surface area contributed by atoms with E-state index in [2.05, 4.69) is 0 Å². The molecule has 0 amide bonds. The molecule has 0 N–H and O–H groups in total. The fraction of sp³-hybridized carbons (Fsp3) is 1.00. The Morgan fingerprint density at radius 2 is 1.29 bits per heavy atom. The van der Waals surface area contributed by atoms with Crippen LogP contribution >= 0.6 is 26.8 Å². The largest absolute Gasteiger partial charge is 0 e. The third kappa shape index (κ3) is 10.7. The van der Waals surface area contributed by atoms with Crippen LogP contribution in [0.5, 0.6) is 0 Å². The Morgan fingerprint density at radius 3 is 1.57 bits per heavy atom. The van der Waals surface area contributed by atoms with Crippen LogP contribution in [0.1, 0.15) is 40.5 Å². The molecule has 0 aromatic carbocycles. The topological polar surface area (TPSA) is 36.9 Å². The van der Waals surface area contributed by atoms with Crippen molar-refractivity contribution in [2.45, 2.75) is 50.6 Å². The number of halogens is 3. The van der Waals surface area contributed by atoms with E-state index < -0.39 is 21.0 Å². The predicted octanol–water partition coefficient (Wildman–Crippen LogP) is 3.75. The summed E-state index contributed by atoms with van der Waals surface area (Å²) in [5.41, 5.74) is 0. The first-order valence-corrected chi connectivity index (χ1v) is 19.4. The van der Waals surface area contributed by atoms with Gasteiger partial charge in [0.2, 0.25) is 0 Å². The van der Waals surface area contributed by atoms with E-state index in [0.29, 0.717) is 39.3 Å². The summed E-state index contributed by atoms with van der Waals surface area (Å²) in [6.45, 7) is 9.52. The molecule has 0 aliphatic carbocycles. The summed E-state index contributed by atoms with van der Waals surface area (Å²) in [5.74, 6) is -1.07. The van der Waals surface area contributed by atoms with Crippen molar-refractivity contribution < 1.29 is 18.9 Å². The molecule has 0 saturated heterocycles. The van der Waals surface area contributed by atoms with Gasteiger partial charge in [-0.2, -0.15) is 0 Å².